The van der Waals surface area contributed by atoms with Gasteiger partial charge in [-0.3, -0.25) is 4.98 Å². The van der Waals surface area contributed by atoms with Gasteiger partial charge in [0.2, 0.25) is 0 Å². The first-order valence-corrected chi connectivity index (χ1v) is 12.7. The summed E-state index contributed by atoms with van der Waals surface area (Å²) < 4.78 is 0. The molecule has 1 aromatic heterocycles. The quantitative estimate of drug-likeness (QED) is 0.237. The minimum absolute atomic E-state index is 0.950. The molecule has 0 N–H and O–H groups in total. The van der Waals surface area contributed by atoms with Gasteiger partial charge in [-0.1, -0.05) is 103 Å². The van der Waals surface area contributed by atoms with Crippen molar-refractivity contribution in [2.45, 2.75) is 90.9 Å². The molecular weight excluding hydrogens is 376 g/mol. The first kappa shape index (κ1) is 25.2. The first-order valence-electron chi connectivity index (χ1n) is 12.7. The van der Waals surface area contributed by atoms with Crippen LogP contribution in [0.1, 0.15) is 96.6 Å². The summed E-state index contributed by atoms with van der Waals surface area (Å²) in [5, 5.41) is 0. The van der Waals surface area contributed by atoms with Crippen LogP contribution in [0.5, 0.6) is 0 Å². The van der Waals surface area contributed by atoms with E-state index in [9.17, 15) is 0 Å². The number of anilines is 1. The summed E-state index contributed by atoms with van der Waals surface area (Å²) in [7, 11) is 0. The fourth-order valence-electron chi connectivity index (χ4n) is 4.21. The van der Waals surface area contributed by atoms with E-state index in [0.29, 0.717) is 0 Å². The van der Waals surface area contributed by atoms with Crippen LogP contribution in [0.15, 0.2) is 49.2 Å². The van der Waals surface area contributed by atoms with Crippen LogP contribution in [0.3, 0.4) is 0 Å². The molecule has 0 spiro atoms. The zero-order valence-corrected chi connectivity index (χ0v) is 20.1. The molecule has 0 aliphatic rings. The Balaban J connectivity index is 1.97. The third-order valence-corrected chi connectivity index (χ3v) is 6.14. The maximum atomic E-state index is 4.44. The Morgan fingerprint density at radius 1 is 0.742 bits per heavy atom. The van der Waals surface area contributed by atoms with Gasteiger partial charge in [-0.25, -0.2) is 0 Å². The second kappa shape index (κ2) is 15.7. The molecule has 0 amide bonds. The van der Waals surface area contributed by atoms with Gasteiger partial charge < -0.3 is 4.90 Å². The number of aromatic nitrogens is 1. The van der Waals surface area contributed by atoms with Crippen LogP contribution in [0.4, 0.5) is 5.69 Å². The second-order valence-corrected chi connectivity index (χ2v) is 8.71. The largest absolute Gasteiger partial charge is 0.372 e. The topological polar surface area (TPSA) is 16.1 Å². The Morgan fingerprint density at radius 2 is 1.29 bits per heavy atom. The van der Waals surface area contributed by atoms with Crippen LogP contribution >= 0.6 is 0 Å². The van der Waals surface area contributed by atoms with Crippen molar-refractivity contribution in [2.24, 2.45) is 0 Å². The molecule has 0 aliphatic carbocycles. The number of benzene rings is 1. The molecule has 0 bridgehead atoms. The summed E-state index contributed by atoms with van der Waals surface area (Å²) in [4.78, 5) is 7.06. The lowest BCUT2D eigenvalue weighted by Crippen LogP contribution is -2.25. The molecule has 31 heavy (non-hydrogen) atoms. The Bertz CT molecular complexity index is 704. The molecule has 0 unspecified atom stereocenters. The predicted molar refractivity (Wildman–Crippen MR) is 139 cm³/mol. The normalized spacial score (nSPS) is 10.9. The maximum Gasteiger partial charge on any atom is 0.0702 e. The molecule has 1 aromatic carbocycles. The molecule has 2 heteroatoms. The lowest BCUT2D eigenvalue weighted by atomic mass is 10.0. The number of hydrogen-bond acceptors (Lipinski definition) is 2. The Hall–Kier alpha value is -2.09. The van der Waals surface area contributed by atoms with Crippen LogP contribution in [0.2, 0.25) is 0 Å². The average molecular weight is 421 g/mol. The van der Waals surface area contributed by atoms with Crippen LogP contribution in [-0.2, 0) is 0 Å². The lowest BCUT2D eigenvalue weighted by Gasteiger charge is -2.25. The summed E-state index contributed by atoms with van der Waals surface area (Å²) in [6.07, 6.45) is 19.9. The standard InChI is InChI=1S/C29H44N2/c1-4-7-9-11-13-15-24-31(25-16-14-12-10-8-5-2)27-21-19-26(20-22-27)28-18-17-23-30-29(28)6-3/h6,17-23H,3-5,7-16,24-25H2,1-2H3. The van der Waals surface area contributed by atoms with Gasteiger partial charge in [-0.15, -0.1) is 0 Å². The van der Waals surface area contributed by atoms with Crippen LogP contribution in [-0.4, -0.2) is 18.1 Å². The van der Waals surface area contributed by atoms with Gasteiger partial charge in [0.15, 0.2) is 0 Å². The molecule has 2 aromatic rings. The third-order valence-electron chi connectivity index (χ3n) is 6.14. The van der Waals surface area contributed by atoms with Crippen molar-refractivity contribution in [1.29, 1.82) is 0 Å². The van der Waals surface area contributed by atoms with Crippen molar-refractivity contribution >= 4 is 11.8 Å². The van der Waals surface area contributed by atoms with Gasteiger partial charge in [0.1, 0.15) is 0 Å². The molecule has 2 rings (SSSR count). The van der Waals surface area contributed by atoms with Gasteiger partial charge >= 0.3 is 0 Å². The zero-order chi connectivity index (χ0) is 22.2. The highest BCUT2D eigenvalue weighted by atomic mass is 15.1. The highest BCUT2D eigenvalue weighted by molar-refractivity contribution is 5.73. The van der Waals surface area contributed by atoms with E-state index in [0.717, 1.165) is 11.3 Å². The predicted octanol–water partition coefficient (Wildman–Crippen LogP) is 8.92. The highest BCUT2D eigenvalue weighted by Crippen LogP contribution is 2.26. The number of rotatable bonds is 17. The first-order chi connectivity index (χ1) is 15.3. The zero-order valence-electron chi connectivity index (χ0n) is 20.1. The van der Waals surface area contributed by atoms with Crippen LogP contribution in [0.25, 0.3) is 17.2 Å². The number of nitrogens with zero attached hydrogens (tertiary/aromatic N) is 2. The van der Waals surface area contributed by atoms with E-state index in [1.54, 1.807) is 0 Å². The van der Waals surface area contributed by atoms with Crippen LogP contribution < -0.4 is 4.90 Å². The fraction of sp³-hybridized carbons (Fsp3) is 0.552. The summed E-state index contributed by atoms with van der Waals surface area (Å²) in [5.74, 6) is 0. The van der Waals surface area contributed by atoms with E-state index in [4.69, 9.17) is 0 Å². The minimum atomic E-state index is 0.950. The molecular formula is C29H44N2. The van der Waals surface area contributed by atoms with Gasteiger partial charge in [0.25, 0.3) is 0 Å². The van der Waals surface area contributed by atoms with Crippen molar-refractivity contribution in [3.63, 3.8) is 0 Å². The minimum Gasteiger partial charge on any atom is -0.372 e. The molecule has 0 saturated carbocycles. The third kappa shape index (κ3) is 9.29. The molecule has 0 radical (unpaired) electrons. The highest BCUT2D eigenvalue weighted by Gasteiger charge is 2.08. The Kier molecular flexibility index (Phi) is 12.7. The van der Waals surface area contributed by atoms with E-state index >= 15 is 0 Å². The van der Waals surface area contributed by atoms with Gasteiger partial charge in [0, 0.05) is 30.5 Å². The van der Waals surface area contributed by atoms with Gasteiger partial charge in [0.05, 0.1) is 5.69 Å². The maximum absolute atomic E-state index is 4.44. The van der Waals surface area contributed by atoms with E-state index in [-0.39, 0.29) is 0 Å². The second-order valence-electron chi connectivity index (χ2n) is 8.71. The molecule has 0 aliphatic heterocycles. The molecule has 2 nitrogen and oxygen atoms in total. The number of hydrogen-bond donors (Lipinski definition) is 0. The molecule has 0 atom stereocenters. The van der Waals surface area contributed by atoms with Crippen molar-refractivity contribution in [3.8, 4) is 11.1 Å². The number of unbranched alkanes of at least 4 members (excludes halogenated alkanes) is 10. The number of pyridine rings is 1. The molecule has 0 saturated heterocycles. The van der Waals surface area contributed by atoms with Gasteiger partial charge in [-0.2, -0.15) is 0 Å². The van der Waals surface area contributed by atoms with Gasteiger partial charge in [-0.05, 0) is 42.7 Å². The van der Waals surface area contributed by atoms with E-state index in [2.05, 4.69) is 60.6 Å². The SMILES string of the molecule is C=Cc1ncccc1-c1ccc(N(CCCCCCCC)CCCCCCCC)cc1. The summed E-state index contributed by atoms with van der Waals surface area (Å²) >= 11 is 0. The van der Waals surface area contributed by atoms with Crippen molar-refractivity contribution < 1.29 is 0 Å². The van der Waals surface area contributed by atoms with E-state index < -0.39 is 0 Å². The molecule has 170 valence electrons. The smallest absolute Gasteiger partial charge is 0.0702 e. The Labute approximate surface area is 191 Å². The van der Waals surface area contributed by atoms with Crippen molar-refractivity contribution in [1.82, 2.24) is 4.98 Å². The molecule has 1 heterocycles. The van der Waals surface area contributed by atoms with Crippen molar-refractivity contribution in [2.75, 3.05) is 18.0 Å². The van der Waals surface area contributed by atoms with E-state index in [1.165, 1.54) is 101 Å². The van der Waals surface area contributed by atoms with Crippen molar-refractivity contribution in [3.05, 3.63) is 54.9 Å². The average Bonchev–Trinajstić information content (AvgIpc) is 2.82. The molecule has 0 fully saturated rings. The Morgan fingerprint density at radius 3 is 1.84 bits per heavy atom. The summed E-state index contributed by atoms with van der Waals surface area (Å²) in [6.45, 7) is 10.8. The lowest BCUT2D eigenvalue weighted by molar-refractivity contribution is 0.575. The van der Waals surface area contributed by atoms with Crippen LogP contribution in [0, 0.1) is 0 Å². The monoisotopic (exact) mass is 420 g/mol. The van der Waals surface area contributed by atoms with E-state index in [1.807, 2.05) is 18.3 Å². The fourth-order valence-corrected chi connectivity index (χ4v) is 4.21. The summed E-state index contributed by atoms with van der Waals surface area (Å²) in [5.41, 5.74) is 4.68. The summed E-state index contributed by atoms with van der Waals surface area (Å²) in [6, 6.07) is 13.2.